The van der Waals surface area contributed by atoms with Gasteiger partial charge in [0.15, 0.2) is 0 Å². The molecule has 1 fully saturated rings. The van der Waals surface area contributed by atoms with Gasteiger partial charge in [-0.2, -0.15) is 0 Å². The Hall–Kier alpha value is -2.24. The Kier molecular flexibility index (Phi) is 3.58. The van der Waals surface area contributed by atoms with Gasteiger partial charge in [0.2, 0.25) is 0 Å². The Labute approximate surface area is 129 Å². The number of benzene rings is 1. The van der Waals surface area contributed by atoms with Crippen molar-refractivity contribution in [2.45, 2.75) is 6.54 Å². The number of nitrogens with zero attached hydrogens (tertiary/aromatic N) is 3. The van der Waals surface area contributed by atoms with Crippen molar-refractivity contribution in [2.24, 2.45) is 0 Å². The molecule has 0 aliphatic carbocycles. The molecule has 3 aromatic rings. The highest BCUT2D eigenvalue weighted by atomic mass is 16.5. The van der Waals surface area contributed by atoms with E-state index in [1.807, 2.05) is 12.3 Å². The van der Waals surface area contributed by atoms with Gasteiger partial charge in [-0.25, -0.2) is 9.97 Å². The van der Waals surface area contributed by atoms with E-state index in [0.717, 1.165) is 55.1 Å². The number of rotatable bonds is 3. The number of morpholine rings is 1. The number of fused-ring (bicyclic) bond motifs is 1. The van der Waals surface area contributed by atoms with Crippen LogP contribution < -0.4 is 0 Å². The summed E-state index contributed by atoms with van der Waals surface area (Å²) in [6, 6.07) is 10.7. The summed E-state index contributed by atoms with van der Waals surface area (Å²) in [6.07, 6.45) is 3.51. The van der Waals surface area contributed by atoms with Gasteiger partial charge in [-0.15, -0.1) is 0 Å². The lowest BCUT2D eigenvalue weighted by molar-refractivity contribution is 0.0342. The van der Waals surface area contributed by atoms with Gasteiger partial charge in [0.05, 0.1) is 18.9 Å². The Bertz CT molecular complexity index is 760. The van der Waals surface area contributed by atoms with Gasteiger partial charge in [-0.1, -0.05) is 24.3 Å². The first-order valence-electron chi connectivity index (χ1n) is 7.58. The summed E-state index contributed by atoms with van der Waals surface area (Å²) in [5.41, 5.74) is 4.30. The van der Waals surface area contributed by atoms with Crippen molar-refractivity contribution in [2.75, 3.05) is 26.3 Å². The van der Waals surface area contributed by atoms with E-state index in [4.69, 9.17) is 4.74 Å². The van der Waals surface area contributed by atoms with Crippen molar-refractivity contribution < 1.29 is 4.74 Å². The number of nitrogens with one attached hydrogen (secondary N) is 1. The first-order chi connectivity index (χ1) is 10.9. The molecule has 1 saturated heterocycles. The van der Waals surface area contributed by atoms with Gasteiger partial charge in [0.25, 0.3) is 0 Å². The highest BCUT2D eigenvalue weighted by Gasteiger charge is 2.11. The van der Waals surface area contributed by atoms with Crippen LogP contribution in [-0.4, -0.2) is 46.2 Å². The maximum absolute atomic E-state index is 5.39. The zero-order chi connectivity index (χ0) is 14.8. The van der Waals surface area contributed by atoms with Gasteiger partial charge in [0.1, 0.15) is 12.0 Å². The number of hydrogen-bond acceptors (Lipinski definition) is 4. The maximum Gasteiger partial charge on any atom is 0.141 e. The van der Waals surface area contributed by atoms with Crippen molar-refractivity contribution in [1.82, 2.24) is 19.9 Å². The topological polar surface area (TPSA) is 54.0 Å². The molecule has 1 aromatic carbocycles. The number of ether oxygens (including phenoxy) is 1. The van der Waals surface area contributed by atoms with E-state index in [0.29, 0.717) is 0 Å². The highest BCUT2D eigenvalue weighted by molar-refractivity contribution is 5.90. The van der Waals surface area contributed by atoms with Crippen LogP contribution in [0.4, 0.5) is 0 Å². The molecule has 0 saturated carbocycles. The van der Waals surface area contributed by atoms with Crippen LogP contribution in [-0.2, 0) is 11.3 Å². The van der Waals surface area contributed by atoms with Crippen LogP contribution in [0.15, 0.2) is 42.9 Å². The average molecular weight is 294 g/mol. The fourth-order valence-corrected chi connectivity index (χ4v) is 2.89. The molecule has 0 bridgehead atoms. The molecule has 22 heavy (non-hydrogen) atoms. The number of aromatic nitrogens is 3. The molecule has 5 nitrogen and oxygen atoms in total. The van der Waals surface area contributed by atoms with Crippen molar-refractivity contribution in [3.63, 3.8) is 0 Å². The summed E-state index contributed by atoms with van der Waals surface area (Å²) in [7, 11) is 0. The predicted molar refractivity (Wildman–Crippen MR) is 85.4 cm³/mol. The summed E-state index contributed by atoms with van der Waals surface area (Å²) in [5, 5.41) is 1.06. The molecule has 1 aliphatic rings. The van der Waals surface area contributed by atoms with Crippen LogP contribution in [0.5, 0.6) is 0 Å². The van der Waals surface area contributed by atoms with Gasteiger partial charge < -0.3 is 9.72 Å². The molecule has 0 amide bonds. The Morgan fingerprint density at radius 3 is 2.68 bits per heavy atom. The van der Waals surface area contributed by atoms with Crippen molar-refractivity contribution in [3.8, 4) is 11.3 Å². The molecule has 0 spiro atoms. The molecule has 2 aromatic heterocycles. The minimum atomic E-state index is 0.838. The van der Waals surface area contributed by atoms with Gasteiger partial charge in [-0.05, 0) is 11.6 Å². The molecule has 1 aliphatic heterocycles. The fraction of sp³-hybridized carbons (Fsp3) is 0.294. The van der Waals surface area contributed by atoms with E-state index in [9.17, 15) is 0 Å². The summed E-state index contributed by atoms with van der Waals surface area (Å²) in [6.45, 7) is 4.68. The third-order valence-corrected chi connectivity index (χ3v) is 4.09. The average Bonchev–Trinajstić information content (AvgIpc) is 3.05. The quantitative estimate of drug-likeness (QED) is 0.806. The van der Waals surface area contributed by atoms with Gasteiger partial charge in [0, 0.05) is 36.8 Å². The van der Waals surface area contributed by atoms with Gasteiger partial charge >= 0.3 is 0 Å². The van der Waals surface area contributed by atoms with Crippen LogP contribution in [0.3, 0.4) is 0 Å². The zero-order valence-corrected chi connectivity index (χ0v) is 12.3. The van der Waals surface area contributed by atoms with Crippen LogP contribution in [0.25, 0.3) is 22.3 Å². The maximum atomic E-state index is 5.39. The van der Waals surface area contributed by atoms with E-state index in [1.54, 1.807) is 6.33 Å². The monoisotopic (exact) mass is 294 g/mol. The van der Waals surface area contributed by atoms with Crippen LogP contribution in [0, 0.1) is 0 Å². The molecular formula is C17H18N4O. The largest absolute Gasteiger partial charge is 0.379 e. The first kappa shape index (κ1) is 13.4. The van der Waals surface area contributed by atoms with Crippen LogP contribution in [0.1, 0.15) is 5.56 Å². The van der Waals surface area contributed by atoms with Crippen molar-refractivity contribution in [3.05, 3.63) is 48.4 Å². The number of aromatic amines is 1. The van der Waals surface area contributed by atoms with Crippen molar-refractivity contribution in [1.29, 1.82) is 0 Å². The summed E-state index contributed by atoms with van der Waals surface area (Å²) >= 11 is 0. The molecule has 0 atom stereocenters. The second-order valence-corrected chi connectivity index (χ2v) is 5.55. The van der Waals surface area contributed by atoms with E-state index < -0.39 is 0 Å². The smallest absolute Gasteiger partial charge is 0.141 e. The summed E-state index contributed by atoms with van der Waals surface area (Å²) in [4.78, 5) is 14.2. The van der Waals surface area contributed by atoms with Crippen molar-refractivity contribution >= 4 is 11.0 Å². The minimum absolute atomic E-state index is 0.838. The number of H-pyrrole nitrogens is 1. The summed E-state index contributed by atoms with van der Waals surface area (Å²) < 4.78 is 5.39. The van der Waals surface area contributed by atoms with E-state index in [-0.39, 0.29) is 0 Å². The van der Waals surface area contributed by atoms with Crippen LogP contribution >= 0.6 is 0 Å². The molecule has 0 unspecified atom stereocenters. The second-order valence-electron chi connectivity index (χ2n) is 5.55. The molecular weight excluding hydrogens is 276 g/mol. The third kappa shape index (κ3) is 2.61. The normalized spacial score (nSPS) is 16.2. The third-order valence-electron chi connectivity index (χ3n) is 4.09. The van der Waals surface area contributed by atoms with E-state index in [2.05, 4.69) is 44.1 Å². The molecule has 112 valence electrons. The molecule has 5 heteroatoms. The van der Waals surface area contributed by atoms with E-state index >= 15 is 0 Å². The minimum Gasteiger partial charge on any atom is -0.379 e. The van der Waals surface area contributed by atoms with Crippen LogP contribution in [0.2, 0.25) is 0 Å². The highest BCUT2D eigenvalue weighted by Crippen LogP contribution is 2.25. The SMILES string of the molecule is c1nc(-c2ccc(CN3CCOCC3)cc2)c2cc[nH]c2n1. The van der Waals surface area contributed by atoms with Gasteiger partial charge in [-0.3, -0.25) is 4.90 Å². The second kappa shape index (κ2) is 5.87. The fourth-order valence-electron chi connectivity index (χ4n) is 2.89. The molecule has 0 radical (unpaired) electrons. The number of hydrogen-bond donors (Lipinski definition) is 1. The summed E-state index contributed by atoms with van der Waals surface area (Å²) in [5.74, 6) is 0. The Morgan fingerprint density at radius 1 is 1.05 bits per heavy atom. The predicted octanol–water partition coefficient (Wildman–Crippen LogP) is 2.46. The molecule has 1 N–H and O–H groups in total. The lowest BCUT2D eigenvalue weighted by Crippen LogP contribution is -2.35. The zero-order valence-electron chi connectivity index (χ0n) is 12.3. The Balaban J connectivity index is 1.57. The van der Waals surface area contributed by atoms with E-state index in [1.165, 1.54) is 5.56 Å². The molecule has 4 rings (SSSR count). The Morgan fingerprint density at radius 2 is 1.86 bits per heavy atom. The molecule has 3 heterocycles. The lowest BCUT2D eigenvalue weighted by atomic mass is 10.1. The first-order valence-corrected chi connectivity index (χ1v) is 7.58. The lowest BCUT2D eigenvalue weighted by Gasteiger charge is -2.26. The standard InChI is InChI=1S/C17H18N4O/c1-3-14(16-15-5-6-18-17(15)20-12-19-16)4-2-13(1)11-21-7-9-22-10-8-21/h1-6,12H,7-11H2,(H,18,19,20).